The monoisotopic (exact) mass is 191 g/mol. The average Bonchev–Trinajstić information content (AvgIpc) is 2.11. The Bertz CT molecular complexity index is 375. The van der Waals surface area contributed by atoms with E-state index in [0.717, 1.165) is 4.90 Å². The Balaban J connectivity index is 3.34. The zero-order chi connectivity index (χ0) is 10.0. The maximum atomic E-state index is 8.61. The van der Waals surface area contributed by atoms with E-state index in [4.69, 9.17) is 5.26 Å². The van der Waals surface area contributed by atoms with Gasteiger partial charge in [-0.15, -0.1) is 0 Å². The Kier molecular flexibility index (Phi) is 3.00. The molecule has 0 N–H and O–H groups in total. The van der Waals surface area contributed by atoms with Gasteiger partial charge in [-0.1, -0.05) is 0 Å². The summed E-state index contributed by atoms with van der Waals surface area (Å²) in [6.45, 7) is 8.39. The first kappa shape index (κ1) is 10.1. The fraction of sp³-hybridized carbons (Fsp3) is 0.364. The van der Waals surface area contributed by atoms with Crippen LogP contribution in [-0.2, 0) is 0 Å². The summed E-state index contributed by atoms with van der Waals surface area (Å²) in [5.74, 6) is 0. The van der Waals surface area contributed by atoms with E-state index in [1.165, 1.54) is 34.0 Å². The fourth-order valence-electron chi connectivity index (χ4n) is 1.33. The van der Waals surface area contributed by atoms with Gasteiger partial charge in [0.25, 0.3) is 0 Å². The Morgan fingerprint density at radius 3 is 2.23 bits per heavy atom. The van der Waals surface area contributed by atoms with Crippen LogP contribution in [0.4, 0.5) is 0 Å². The highest BCUT2D eigenvalue weighted by molar-refractivity contribution is 8.03. The molecule has 0 aliphatic carbocycles. The van der Waals surface area contributed by atoms with Crippen LogP contribution in [0.25, 0.3) is 0 Å². The maximum absolute atomic E-state index is 8.61. The van der Waals surface area contributed by atoms with Crippen molar-refractivity contribution in [1.29, 1.82) is 5.26 Å². The van der Waals surface area contributed by atoms with Gasteiger partial charge in [0.2, 0.25) is 0 Å². The smallest absolute Gasteiger partial charge is 0.138 e. The van der Waals surface area contributed by atoms with Gasteiger partial charge in [-0.25, -0.2) is 0 Å². The van der Waals surface area contributed by atoms with E-state index in [-0.39, 0.29) is 0 Å². The first-order chi connectivity index (χ1) is 6.07. The van der Waals surface area contributed by atoms with Crippen molar-refractivity contribution in [3.63, 3.8) is 0 Å². The number of thiocyanates is 1. The van der Waals surface area contributed by atoms with Crippen LogP contribution in [0.2, 0.25) is 0 Å². The van der Waals surface area contributed by atoms with E-state index in [0.29, 0.717) is 0 Å². The summed E-state index contributed by atoms with van der Waals surface area (Å²) in [6, 6.07) is 2.09. The average molecular weight is 191 g/mol. The van der Waals surface area contributed by atoms with Gasteiger partial charge in [-0.05, 0) is 67.8 Å². The van der Waals surface area contributed by atoms with Gasteiger partial charge in [0, 0.05) is 4.90 Å². The third kappa shape index (κ3) is 1.87. The van der Waals surface area contributed by atoms with Crippen molar-refractivity contribution in [1.82, 2.24) is 0 Å². The predicted molar refractivity (Wildman–Crippen MR) is 56.9 cm³/mol. The Morgan fingerprint density at radius 2 is 1.69 bits per heavy atom. The van der Waals surface area contributed by atoms with Crippen molar-refractivity contribution in [2.24, 2.45) is 0 Å². The molecule has 0 aliphatic heterocycles. The molecule has 1 nitrogen and oxygen atoms in total. The zero-order valence-electron chi connectivity index (χ0n) is 8.43. The summed E-state index contributed by atoms with van der Waals surface area (Å²) in [5, 5.41) is 10.7. The van der Waals surface area contributed by atoms with Crippen molar-refractivity contribution in [2.75, 3.05) is 0 Å². The third-order valence-corrected chi connectivity index (χ3v) is 3.32. The maximum Gasteiger partial charge on any atom is 0.138 e. The minimum Gasteiger partial charge on any atom is -0.185 e. The molecule has 0 aromatic heterocycles. The number of aryl methyl sites for hydroxylation is 1. The zero-order valence-corrected chi connectivity index (χ0v) is 9.25. The molecular formula is C11H13NS. The second kappa shape index (κ2) is 3.85. The molecule has 1 aromatic carbocycles. The fourth-order valence-corrected chi connectivity index (χ4v) is 1.97. The van der Waals surface area contributed by atoms with Crippen LogP contribution in [0.3, 0.4) is 0 Å². The van der Waals surface area contributed by atoms with Crippen LogP contribution in [0.1, 0.15) is 22.3 Å². The highest BCUT2D eigenvalue weighted by Crippen LogP contribution is 2.28. The summed E-state index contributed by atoms with van der Waals surface area (Å²) in [5.41, 5.74) is 5.13. The second-order valence-corrected chi connectivity index (χ2v) is 4.09. The van der Waals surface area contributed by atoms with Crippen LogP contribution < -0.4 is 0 Å². The van der Waals surface area contributed by atoms with Crippen LogP contribution in [0.5, 0.6) is 0 Å². The van der Waals surface area contributed by atoms with E-state index in [1.807, 2.05) is 0 Å². The van der Waals surface area contributed by atoms with E-state index >= 15 is 0 Å². The molecule has 13 heavy (non-hydrogen) atoms. The summed E-state index contributed by atoms with van der Waals surface area (Å²) in [4.78, 5) is 1.09. The number of thioether (sulfide) groups is 1. The van der Waals surface area contributed by atoms with E-state index in [1.54, 1.807) is 0 Å². The molecule has 0 unspecified atom stereocenters. The molecule has 0 spiro atoms. The largest absolute Gasteiger partial charge is 0.185 e. The minimum atomic E-state index is 1.09. The molecule has 2 heteroatoms. The number of nitrogens with zero attached hydrogens (tertiary/aromatic N) is 1. The van der Waals surface area contributed by atoms with Crippen LogP contribution in [-0.4, -0.2) is 0 Å². The molecule has 0 fully saturated rings. The molecule has 68 valence electrons. The van der Waals surface area contributed by atoms with Gasteiger partial charge in [-0.3, -0.25) is 0 Å². The summed E-state index contributed by atoms with van der Waals surface area (Å²) in [7, 11) is 0. The first-order valence-electron chi connectivity index (χ1n) is 4.21. The molecule has 0 saturated heterocycles. The molecule has 0 aliphatic rings. The van der Waals surface area contributed by atoms with E-state index in [9.17, 15) is 0 Å². The van der Waals surface area contributed by atoms with Crippen LogP contribution in [0, 0.1) is 38.4 Å². The van der Waals surface area contributed by atoms with Gasteiger partial charge >= 0.3 is 0 Å². The molecule has 1 aromatic rings. The van der Waals surface area contributed by atoms with Crippen molar-refractivity contribution in [3.05, 3.63) is 28.3 Å². The lowest BCUT2D eigenvalue weighted by atomic mass is 10.00. The van der Waals surface area contributed by atoms with E-state index < -0.39 is 0 Å². The Hall–Kier alpha value is -0.940. The summed E-state index contributed by atoms with van der Waals surface area (Å²) >= 11 is 1.24. The SMILES string of the molecule is Cc1cc(SC#N)c(C)c(C)c1C. The number of benzene rings is 1. The molecule has 0 atom stereocenters. The lowest BCUT2D eigenvalue weighted by Crippen LogP contribution is -1.92. The van der Waals surface area contributed by atoms with Gasteiger partial charge in [0.1, 0.15) is 5.40 Å². The lowest BCUT2D eigenvalue weighted by Gasteiger charge is -2.11. The molecular weight excluding hydrogens is 178 g/mol. The second-order valence-electron chi connectivity index (χ2n) is 3.26. The predicted octanol–water partition coefficient (Wildman–Crippen LogP) is 3.49. The lowest BCUT2D eigenvalue weighted by molar-refractivity contribution is 1.15. The van der Waals surface area contributed by atoms with Crippen LogP contribution >= 0.6 is 11.8 Å². The number of nitriles is 1. The molecule has 0 amide bonds. The van der Waals surface area contributed by atoms with E-state index in [2.05, 4.69) is 39.2 Å². The number of rotatable bonds is 1. The normalized spacial score (nSPS) is 9.77. The number of hydrogen-bond acceptors (Lipinski definition) is 2. The van der Waals surface area contributed by atoms with Gasteiger partial charge in [0.15, 0.2) is 0 Å². The molecule has 0 saturated carbocycles. The van der Waals surface area contributed by atoms with Gasteiger partial charge < -0.3 is 0 Å². The topological polar surface area (TPSA) is 23.8 Å². The van der Waals surface area contributed by atoms with Crippen molar-refractivity contribution < 1.29 is 0 Å². The van der Waals surface area contributed by atoms with Crippen molar-refractivity contribution in [3.8, 4) is 5.40 Å². The molecule has 0 heterocycles. The third-order valence-electron chi connectivity index (χ3n) is 2.59. The van der Waals surface area contributed by atoms with Gasteiger partial charge in [0.05, 0.1) is 0 Å². The van der Waals surface area contributed by atoms with Crippen molar-refractivity contribution in [2.45, 2.75) is 32.6 Å². The minimum absolute atomic E-state index is 1.09. The highest BCUT2D eigenvalue weighted by atomic mass is 32.2. The molecule has 0 radical (unpaired) electrons. The quantitative estimate of drug-likeness (QED) is 0.501. The molecule has 0 bridgehead atoms. The summed E-state index contributed by atoms with van der Waals surface area (Å²) in [6.07, 6.45) is 0. The van der Waals surface area contributed by atoms with Crippen LogP contribution in [0.15, 0.2) is 11.0 Å². The Labute approximate surface area is 83.8 Å². The number of hydrogen-bond donors (Lipinski definition) is 0. The van der Waals surface area contributed by atoms with Crippen molar-refractivity contribution >= 4 is 11.8 Å². The summed E-state index contributed by atoms with van der Waals surface area (Å²) < 4.78 is 0. The van der Waals surface area contributed by atoms with Gasteiger partial charge in [-0.2, -0.15) is 5.26 Å². The Morgan fingerprint density at radius 1 is 1.08 bits per heavy atom. The standard InChI is InChI=1S/C11H13NS/c1-7-5-11(13-6-12)10(4)9(3)8(7)2/h5H,1-4H3. The first-order valence-corrected chi connectivity index (χ1v) is 5.03. The highest BCUT2D eigenvalue weighted by Gasteiger charge is 2.06. The molecule has 1 rings (SSSR count).